The Morgan fingerprint density at radius 2 is 1.69 bits per heavy atom. The molecular weight excluding hydrogens is 363 g/mol. The fourth-order valence-corrected chi connectivity index (χ4v) is 2.84. The molecule has 0 saturated carbocycles. The number of halogens is 4. The van der Waals surface area contributed by atoms with E-state index in [0.717, 1.165) is 23.6 Å². The van der Waals surface area contributed by atoms with Crippen LogP contribution in [0.3, 0.4) is 0 Å². The minimum atomic E-state index is -4.60. The van der Waals surface area contributed by atoms with Crippen molar-refractivity contribution in [3.63, 3.8) is 0 Å². The lowest BCUT2D eigenvalue weighted by Crippen LogP contribution is -2.21. The summed E-state index contributed by atoms with van der Waals surface area (Å²) in [6.45, 7) is 5.90. The van der Waals surface area contributed by atoms with Crippen molar-refractivity contribution in [2.45, 2.75) is 39.3 Å². The third kappa shape index (κ3) is 5.24. The van der Waals surface area contributed by atoms with Crippen LogP contribution in [0.25, 0.3) is 0 Å². The van der Waals surface area contributed by atoms with Crippen LogP contribution in [-0.4, -0.2) is 5.91 Å². The molecule has 1 N–H and O–H groups in total. The van der Waals surface area contributed by atoms with Crippen LogP contribution in [0.2, 0.25) is 5.02 Å². The van der Waals surface area contributed by atoms with Crippen molar-refractivity contribution in [2.24, 2.45) is 5.92 Å². The molecule has 0 radical (unpaired) electrons. The number of alkyl halides is 3. The van der Waals surface area contributed by atoms with E-state index in [1.165, 1.54) is 12.1 Å². The summed E-state index contributed by atoms with van der Waals surface area (Å²) < 4.78 is 39.4. The van der Waals surface area contributed by atoms with Crippen molar-refractivity contribution in [1.29, 1.82) is 0 Å². The molecule has 0 aliphatic rings. The van der Waals surface area contributed by atoms with E-state index in [-0.39, 0.29) is 10.7 Å². The third-order valence-electron chi connectivity index (χ3n) is 4.06. The molecule has 26 heavy (non-hydrogen) atoms. The lowest BCUT2D eigenvalue weighted by atomic mass is 9.96. The summed E-state index contributed by atoms with van der Waals surface area (Å²) in [7, 11) is 0. The van der Waals surface area contributed by atoms with Crippen molar-refractivity contribution in [2.75, 3.05) is 5.32 Å². The second kappa shape index (κ2) is 8.12. The van der Waals surface area contributed by atoms with Gasteiger partial charge in [0.25, 0.3) is 0 Å². The number of carbonyl (C=O) groups excluding carboxylic acids is 1. The van der Waals surface area contributed by atoms with Crippen molar-refractivity contribution >= 4 is 23.2 Å². The van der Waals surface area contributed by atoms with Gasteiger partial charge >= 0.3 is 6.18 Å². The van der Waals surface area contributed by atoms with Crippen molar-refractivity contribution < 1.29 is 18.0 Å². The topological polar surface area (TPSA) is 29.1 Å². The van der Waals surface area contributed by atoms with Gasteiger partial charge in [-0.05, 0) is 48.6 Å². The fraction of sp³-hybridized carbons (Fsp3) is 0.350. The summed E-state index contributed by atoms with van der Waals surface area (Å²) in [4.78, 5) is 12.4. The summed E-state index contributed by atoms with van der Waals surface area (Å²) in [6.07, 6.45) is -3.67. The number of rotatable bonds is 5. The number of hydrogen-bond acceptors (Lipinski definition) is 1. The Morgan fingerprint density at radius 3 is 2.23 bits per heavy atom. The zero-order valence-corrected chi connectivity index (χ0v) is 15.6. The van der Waals surface area contributed by atoms with Crippen LogP contribution in [0.15, 0.2) is 42.5 Å². The molecule has 0 fully saturated rings. The van der Waals surface area contributed by atoms with Crippen LogP contribution in [0.4, 0.5) is 18.9 Å². The Labute approximate surface area is 156 Å². The Bertz CT molecular complexity index is 770. The van der Waals surface area contributed by atoms with Crippen molar-refractivity contribution in [3.8, 4) is 0 Å². The number of anilines is 1. The summed E-state index contributed by atoms with van der Waals surface area (Å²) in [5, 5.41) is 2.33. The first-order valence-electron chi connectivity index (χ1n) is 8.34. The van der Waals surface area contributed by atoms with Crippen LogP contribution < -0.4 is 5.32 Å². The number of benzene rings is 2. The monoisotopic (exact) mass is 383 g/mol. The van der Waals surface area contributed by atoms with E-state index in [1.807, 2.05) is 24.3 Å². The van der Waals surface area contributed by atoms with E-state index >= 15 is 0 Å². The van der Waals surface area contributed by atoms with Gasteiger partial charge in [0.05, 0.1) is 17.2 Å². The fourth-order valence-electron chi connectivity index (χ4n) is 2.67. The van der Waals surface area contributed by atoms with Gasteiger partial charge in [-0.15, -0.1) is 0 Å². The maximum Gasteiger partial charge on any atom is 0.418 e. The molecule has 0 saturated heterocycles. The Hall–Kier alpha value is -2.01. The van der Waals surface area contributed by atoms with Crippen LogP contribution in [-0.2, 0) is 17.4 Å². The second-order valence-corrected chi connectivity index (χ2v) is 7.17. The zero-order chi connectivity index (χ0) is 19.5. The van der Waals surface area contributed by atoms with E-state index < -0.39 is 23.6 Å². The van der Waals surface area contributed by atoms with Gasteiger partial charge in [-0.25, -0.2) is 0 Å². The molecule has 0 aliphatic carbocycles. The first-order chi connectivity index (χ1) is 12.1. The molecule has 0 spiro atoms. The van der Waals surface area contributed by atoms with Crippen LogP contribution in [0, 0.1) is 5.92 Å². The van der Waals surface area contributed by atoms with Gasteiger partial charge in [-0.3, -0.25) is 4.79 Å². The van der Waals surface area contributed by atoms with E-state index in [0.29, 0.717) is 5.92 Å². The van der Waals surface area contributed by atoms with Gasteiger partial charge in [0.1, 0.15) is 0 Å². The highest BCUT2D eigenvalue weighted by atomic mass is 35.5. The minimum absolute atomic E-state index is 0.0379. The molecule has 2 aromatic rings. The molecule has 1 atom stereocenters. The molecular formula is C20H21ClF3NO. The van der Waals surface area contributed by atoms with Crippen LogP contribution >= 0.6 is 11.6 Å². The van der Waals surface area contributed by atoms with Crippen LogP contribution in [0.1, 0.15) is 43.4 Å². The molecule has 6 heteroatoms. The summed E-state index contributed by atoms with van der Waals surface area (Å²) in [5.74, 6) is -0.568. The Kier molecular flexibility index (Phi) is 6.34. The number of nitrogens with one attached hydrogen (secondary N) is 1. The quantitative estimate of drug-likeness (QED) is 0.645. The molecule has 2 nitrogen and oxygen atoms in total. The third-order valence-corrected chi connectivity index (χ3v) is 4.30. The Morgan fingerprint density at radius 1 is 1.08 bits per heavy atom. The predicted octanol–water partition coefficient (Wildman–Crippen LogP) is 6.30. The lowest BCUT2D eigenvalue weighted by Gasteiger charge is -2.17. The lowest BCUT2D eigenvalue weighted by molar-refractivity contribution is -0.137. The molecule has 0 heterocycles. The number of hydrogen-bond donors (Lipinski definition) is 1. The molecule has 2 aromatic carbocycles. The van der Waals surface area contributed by atoms with E-state index in [2.05, 4.69) is 19.2 Å². The highest BCUT2D eigenvalue weighted by Crippen LogP contribution is 2.37. The molecule has 0 aliphatic heterocycles. The zero-order valence-electron chi connectivity index (χ0n) is 14.8. The molecule has 1 amide bonds. The van der Waals surface area contributed by atoms with Crippen molar-refractivity contribution in [1.82, 2.24) is 0 Å². The van der Waals surface area contributed by atoms with Gasteiger partial charge in [-0.1, -0.05) is 49.7 Å². The highest BCUT2D eigenvalue weighted by molar-refractivity contribution is 6.30. The maximum absolute atomic E-state index is 13.1. The highest BCUT2D eigenvalue weighted by Gasteiger charge is 2.34. The normalized spacial score (nSPS) is 12.9. The molecule has 0 aromatic heterocycles. The first-order valence-corrected chi connectivity index (χ1v) is 8.72. The van der Waals surface area contributed by atoms with Gasteiger partial charge in [0, 0.05) is 5.02 Å². The standard InChI is InChI=1S/C20H21ClF3NO/c1-12(2)10-14-4-6-15(7-5-14)13(3)19(26)25-18-9-8-16(21)11-17(18)20(22,23)24/h4-9,11-13H,10H2,1-3H3,(H,25,26). The van der Waals surface area contributed by atoms with E-state index in [1.54, 1.807) is 6.92 Å². The summed E-state index contributed by atoms with van der Waals surface area (Å²) in [6, 6.07) is 10.9. The molecule has 2 rings (SSSR count). The van der Waals surface area contributed by atoms with E-state index in [4.69, 9.17) is 11.6 Å². The summed E-state index contributed by atoms with van der Waals surface area (Å²) in [5.41, 5.74) is 0.652. The maximum atomic E-state index is 13.1. The van der Waals surface area contributed by atoms with E-state index in [9.17, 15) is 18.0 Å². The largest absolute Gasteiger partial charge is 0.418 e. The average Bonchev–Trinajstić information content (AvgIpc) is 2.55. The predicted molar refractivity (Wildman–Crippen MR) is 98.5 cm³/mol. The minimum Gasteiger partial charge on any atom is -0.325 e. The van der Waals surface area contributed by atoms with Gasteiger partial charge < -0.3 is 5.32 Å². The SMILES string of the molecule is CC(C)Cc1ccc(C(C)C(=O)Nc2ccc(Cl)cc2C(F)(F)F)cc1. The van der Waals surface area contributed by atoms with Gasteiger partial charge in [0.2, 0.25) is 5.91 Å². The average molecular weight is 384 g/mol. The molecule has 1 unspecified atom stereocenters. The first kappa shape index (κ1) is 20.3. The summed E-state index contributed by atoms with van der Waals surface area (Å²) >= 11 is 5.66. The number of amides is 1. The number of carbonyl (C=O) groups is 1. The van der Waals surface area contributed by atoms with Crippen LogP contribution in [0.5, 0.6) is 0 Å². The molecule has 0 bridgehead atoms. The molecule has 140 valence electrons. The van der Waals surface area contributed by atoms with Gasteiger partial charge in [-0.2, -0.15) is 13.2 Å². The van der Waals surface area contributed by atoms with Crippen molar-refractivity contribution in [3.05, 3.63) is 64.2 Å². The smallest absolute Gasteiger partial charge is 0.325 e. The van der Waals surface area contributed by atoms with Gasteiger partial charge in [0.15, 0.2) is 0 Å². The second-order valence-electron chi connectivity index (χ2n) is 6.74. The Balaban J connectivity index is 2.17.